The summed E-state index contributed by atoms with van der Waals surface area (Å²) in [6.07, 6.45) is 3.83. The van der Waals surface area contributed by atoms with E-state index in [4.69, 9.17) is 0 Å². The Bertz CT molecular complexity index is 532. The molecule has 2 unspecified atom stereocenters. The molecule has 6 nitrogen and oxygen atoms in total. The number of rotatable bonds is 4. The van der Waals surface area contributed by atoms with Gasteiger partial charge in [0.05, 0.1) is 6.54 Å². The molecular weight excluding hydrogens is 268 g/mol. The standard InChI is InChI=1S/C15H22N4O2/c1-5-15(4)14(21)19(9-11-16-7-6-8-17-11)12(10(2)3)13(20)18-15/h6-8,10,12H,5,9H2,1-4H3,(H,18,20). The monoisotopic (exact) mass is 290 g/mol. The van der Waals surface area contributed by atoms with E-state index in [9.17, 15) is 9.59 Å². The highest BCUT2D eigenvalue weighted by molar-refractivity contribution is 5.99. The van der Waals surface area contributed by atoms with Crippen LogP contribution >= 0.6 is 0 Å². The molecule has 2 atom stereocenters. The van der Waals surface area contributed by atoms with E-state index in [1.165, 1.54) is 0 Å². The number of piperazine rings is 1. The normalized spacial score (nSPS) is 26.1. The lowest BCUT2D eigenvalue weighted by Crippen LogP contribution is -2.69. The van der Waals surface area contributed by atoms with Gasteiger partial charge >= 0.3 is 0 Å². The Morgan fingerprint density at radius 2 is 1.95 bits per heavy atom. The zero-order valence-electron chi connectivity index (χ0n) is 13.0. The topological polar surface area (TPSA) is 75.2 Å². The summed E-state index contributed by atoms with van der Waals surface area (Å²) in [6.45, 7) is 7.79. The molecule has 114 valence electrons. The van der Waals surface area contributed by atoms with Gasteiger partial charge in [-0.2, -0.15) is 0 Å². The Morgan fingerprint density at radius 3 is 2.48 bits per heavy atom. The molecule has 2 heterocycles. The predicted molar refractivity (Wildman–Crippen MR) is 78.0 cm³/mol. The van der Waals surface area contributed by atoms with Gasteiger partial charge in [0.2, 0.25) is 11.8 Å². The molecule has 1 aliphatic heterocycles. The first-order valence-corrected chi connectivity index (χ1v) is 7.28. The number of hydrogen-bond donors (Lipinski definition) is 1. The quantitative estimate of drug-likeness (QED) is 0.902. The lowest BCUT2D eigenvalue weighted by atomic mass is 9.88. The van der Waals surface area contributed by atoms with Crippen molar-refractivity contribution in [1.29, 1.82) is 0 Å². The van der Waals surface area contributed by atoms with Crippen molar-refractivity contribution in [2.24, 2.45) is 5.92 Å². The van der Waals surface area contributed by atoms with E-state index in [0.717, 1.165) is 0 Å². The van der Waals surface area contributed by atoms with Crippen LogP contribution in [0.2, 0.25) is 0 Å². The van der Waals surface area contributed by atoms with E-state index in [0.29, 0.717) is 12.2 Å². The second-order valence-electron chi connectivity index (χ2n) is 5.96. The molecule has 0 saturated carbocycles. The molecule has 1 aromatic heterocycles. The van der Waals surface area contributed by atoms with Gasteiger partial charge in [0.25, 0.3) is 0 Å². The van der Waals surface area contributed by atoms with Gasteiger partial charge in [-0.05, 0) is 25.3 Å². The summed E-state index contributed by atoms with van der Waals surface area (Å²) in [5.74, 6) is 0.393. The summed E-state index contributed by atoms with van der Waals surface area (Å²) in [6, 6.07) is 1.24. The van der Waals surface area contributed by atoms with E-state index < -0.39 is 11.6 Å². The number of nitrogens with zero attached hydrogens (tertiary/aromatic N) is 3. The largest absolute Gasteiger partial charge is 0.340 e. The molecular formula is C15H22N4O2. The van der Waals surface area contributed by atoms with E-state index >= 15 is 0 Å². The first-order chi connectivity index (χ1) is 9.89. The van der Waals surface area contributed by atoms with Gasteiger partial charge in [-0.15, -0.1) is 0 Å². The molecule has 1 fully saturated rings. The second kappa shape index (κ2) is 5.79. The summed E-state index contributed by atoms with van der Waals surface area (Å²) in [7, 11) is 0. The van der Waals surface area contributed by atoms with Gasteiger partial charge in [-0.3, -0.25) is 9.59 Å². The molecule has 0 spiro atoms. The van der Waals surface area contributed by atoms with E-state index in [-0.39, 0.29) is 24.3 Å². The molecule has 0 aromatic carbocycles. The van der Waals surface area contributed by atoms with Crippen LogP contribution in [0.15, 0.2) is 18.5 Å². The Labute approximate surface area is 125 Å². The summed E-state index contributed by atoms with van der Waals surface area (Å²) < 4.78 is 0. The van der Waals surface area contributed by atoms with E-state index in [1.54, 1.807) is 30.3 Å². The number of amides is 2. The van der Waals surface area contributed by atoms with Gasteiger partial charge in [0, 0.05) is 12.4 Å². The summed E-state index contributed by atoms with van der Waals surface area (Å²) >= 11 is 0. The van der Waals surface area contributed by atoms with Crippen LogP contribution in [0.4, 0.5) is 0 Å². The van der Waals surface area contributed by atoms with Gasteiger partial charge < -0.3 is 10.2 Å². The highest BCUT2D eigenvalue weighted by Crippen LogP contribution is 2.26. The average Bonchev–Trinajstić information content (AvgIpc) is 2.45. The van der Waals surface area contributed by atoms with Gasteiger partial charge in [0.15, 0.2) is 0 Å². The van der Waals surface area contributed by atoms with Crippen molar-refractivity contribution >= 4 is 11.8 Å². The highest BCUT2D eigenvalue weighted by Gasteiger charge is 2.48. The summed E-state index contributed by atoms with van der Waals surface area (Å²) in [4.78, 5) is 35.1. The van der Waals surface area contributed by atoms with E-state index in [2.05, 4.69) is 15.3 Å². The van der Waals surface area contributed by atoms with Crippen LogP contribution in [-0.2, 0) is 16.1 Å². The van der Waals surface area contributed by atoms with Gasteiger partial charge in [0.1, 0.15) is 17.4 Å². The maximum absolute atomic E-state index is 12.8. The highest BCUT2D eigenvalue weighted by atomic mass is 16.2. The number of aromatic nitrogens is 2. The molecule has 2 amide bonds. The lowest BCUT2D eigenvalue weighted by molar-refractivity contribution is -0.157. The molecule has 2 rings (SSSR count). The fourth-order valence-corrected chi connectivity index (χ4v) is 2.62. The van der Waals surface area contributed by atoms with Crippen LogP contribution in [-0.4, -0.2) is 38.3 Å². The first kappa shape index (κ1) is 15.4. The molecule has 1 saturated heterocycles. The molecule has 0 bridgehead atoms. The average molecular weight is 290 g/mol. The Hall–Kier alpha value is -1.98. The van der Waals surface area contributed by atoms with Gasteiger partial charge in [-0.25, -0.2) is 9.97 Å². The van der Waals surface area contributed by atoms with Crippen molar-refractivity contribution in [2.45, 2.75) is 52.2 Å². The van der Waals surface area contributed by atoms with Crippen molar-refractivity contribution in [3.05, 3.63) is 24.3 Å². The zero-order chi connectivity index (χ0) is 15.6. The second-order valence-corrected chi connectivity index (χ2v) is 5.96. The Kier molecular flexibility index (Phi) is 4.25. The minimum Gasteiger partial charge on any atom is -0.340 e. The predicted octanol–water partition coefficient (Wildman–Crippen LogP) is 1.13. The van der Waals surface area contributed by atoms with Crippen LogP contribution < -0.4 is 5.32 Å². The van der Waals surface area contributed by atoms with Gasteiger partial charge in [-0.1, -0.05) is 20.8 Å². The van der Waals surface area contributed by atoms with Crippen LogP contribution in [0.3, 0.4) is 0 Å². The van der Waals surface area contributed by atoms with Crippen molar-refractivity contribution in [3.63, 3.8) is 0 Å². The zero-order valence-corrected chi connectivity index (χ0v) is 13.0. The van der Waals surface area contributed by atoms with Crippen molar-refractivity contribution in [3.8, 4) is 0 Å². The third kappa shape index (κ3) is 2.89. The molecule has 0 aliphatic carbocycles. The molecule has 1 aliphatic rings. The molecule has 1 aromatic rings. The lowest BCUT2D eigenvalue weighted by Gasteiger charge is -2.45. The third-order valence-corrected chi connectivity index (χ3v) is 4.01. The van der Waals surface area contributed by atoms with Crippen LogP contribution in [0.1, 0.15) is 39.9 Å². The maximum atomic E-state index is 12.8. The maximum Gasteiger partial charge on any atom is 0.249 e. The van der Waals surface area contributed by atoms with Crippen molar-refractivity contribution < 1.29 is 9.59 Å². The van der Waals surface area contributed by atoms with Crippen LogP contribution in [0, 0.1) is 5.92 Å². The van der Waals surface area contributed by atoms with Crippen LogP contribution in [0.5, 0.6) is 0 Å². The fourth-order valence-electron chi connectivity index (χ4n) is 2.62. The smallest absolute Gasteiger partial charge is 0.249 e. The SMILES string of the molecule is CCC1(C)NC(=O)C(C(C)C)N(Cc2ncccn2)C1=O. The first-order valence-electron chi connectivity index (χ1n) is 7.28. The Balaban J connectivity index is 2.35. The number of carbonyl (C=O) groups excluding carboxylic acids is 2. The minimum absolute atomic E-state index is 0.0269. The number of nitrogens with one attached hydrogen (secondary N) is 1. The molecule has 1 N–H and O–H groups in total. The third-order valence-electron chi connectivity index (χ3n) is 4.01. The minimum atomic E-state index is -0.850. The molecule has 21 heavy (non-hydrogen) atoms. The van der Waals surface area contributed by atoms with Crippen molar-refractivity contribution in [1.82, 2.24) is 20.2 Å². The van der Waals surface area contributed by atoms with E-state index in [1.807, 2.05) is 20.8 Å². The molecule has 0 radical (unpaired) electrons. The van der Waals surface area contributed by atoms with Crippen LogP contribution in [0.25, 0.3) is 0 Å². The Morgan fingerprint density at radius 1 is 1.33 bits per heavy atom. The van der Waals surface area contributed by atoms with Crippen molar-refractivity contribution in [2.75, 3.05) is 0 Å². The summed E-state index contributed by atoms with van der Waals surface area (Å²) in [5, 5.41) is 2.87. The molecule has 6 heteroatoms. The number of hydrogen-bond acceptors (Lipinski definition) is 4. The number of carbonyl (C=O) groups is 2. The fraction of sp³-hybridized carbons (Fsp3) is 0.600. The summed E-state index contributed by atoms with van der Waals surface area (Å²) in [5.41, 5.74) is -0.850.